The molecule has 0 aromatic heterocycles. The molecule has 3 amide bonds. The number of carbonyl (C=O) groups excluding carboxylic acids is 2. The van der Waals surface area contributed by atoms with Crippen LogP contribution in [0.2, 0.25) is 0 Å². The summed E-state index contributed by atoms with van der Waals surface area (Å²) < 4.78 is 5.35. The summed E-state index contributed by atoms with van der Waals surface area (Å²) in [5.74, 6) is -0.386. The number of imide groups is 1. The Bertz CT molecular complexity index is 339. The first-order chi connectivity index (χ1) is 8.02. The molecule has 2 aliphatic rings. The van der Waals surface area contributed by atoms with Crippen LogP contribution in [0.1, 0.15) is 6.42 Å². The smallest absolute Gasteiger partial charge is 0.326 e. The number of alkyl halides is 1. The molecule has 17 heavy (non-hydrogen) atoms. The van der Waals surface area contributed by atoms with Gasteiger partial charge in [-0.1, -0.05) is 15.9 Å². The molecule has 2 rings (SSSR count). The Kier molecular flexibility index (Phi) is 3.67. The van der Waals surface area contributed by atoms with Crippen LogP contribution in [0.4, 0.5) is 4.79 Å². The fourth-order valence-corrected chi connectivity index (χ4v) is 2.34. The van der Waals surface area contributed by atoms with Gasteiger partial charge >= 0.3 is 6.03 Å². The predicted molar refractivity (Wildman–Crippen MR) is 59.3 cm³/mol. The summed E-state index contributed by atoms with van der Waals surface area (Å²) in [6.45, 7) is -0.121. The van der Waals surface area contributed by atoms with Crippen molar-refractivity contribution < 1.29 is 24.5 Å². The molecule has 4 atom stereocenters. The van der Waals surface area contributed by atoms with E-state index < -0.39 is 29.3 Å². The van der Waals surface area contributed by atoms with Crippen LogP contribution in [0.25, 0.3) is 0 Å². The van der Waals surface area contributed by atoms with E-state index in [2.05, 4.69) is 21.2 Å². The van der Waals surface area contributed by atoms with Gasteiger partial charge in [-0.2, -0.15) is 0 Å². The maximum Gasteiger partial charge on any atom is 0.326 e. The van der Waals surface area contributed by atoms with Gasteiger partial charge in [0, 0.05) is 13.0 Å². The van der Waals surface area contributed by atoms with Crippen LogP contribution in [-0.4, -0.2) is 63.5 Å². The number of ether oxygens (including phenoxy) is 1. The summed E-state index contributed by atoms with van der Waals surface area (Å²) in [5.41, 5.74) is 0. The van der Waals surface area contributed by atoms with Crippen molar-refractivity contribution in [3.8, 4) is 0 Å². The van der Waals surface area contributed by atoms with E-state index in [4.69, 9.17) is 9.84 Å². The van der Waals surface area contributed by atoms with Gasteiger partial charge in [0.05, 0.1) is 12.7 Å². The quantitative estimate of drug-likeness (QED) is 0.555. The number of halogens is 1. The van der Waals surface area contributed by atoms with Gasteiger partial charge in [-0.05, 0) is 0 Å². The molecular weight excluding hydrogens is 296 g/mol. The van der Waals surface area contributed by atoms with Crippen molar-refractivity contribution in [2.24, 2.45) is 0 Å². The molecule has 0 radical (unpaired) electrons. The Labute approximate surface area is 106 Å². The molecule has 3 N–H and O–H groups in total. The van der Waals surface area contributed by atoms with Crippen LogP contribution < -0.4 is 5.32 Å². The molecule has 0 aromatic carbocycles. The van der Waals surface area contributed by atoms with Gasteiger partial charge < -0.3 is 14.9 Å². The standard InChI is InChI=1S/C9H13BrN2O5/c10-4-2-12(9(16)11-8(4)15)7-1-5(14)6(3-13)17-7/h4-7,13-14H,1-3H2,(H,11,15,16)/t4?,5-,6-,7+/m1/s1. The second-order valence-corrected chi connectivity index (χ2v) is 5.13. The van der Waals surface area contributed by atoms with E-state index in [-0.39, 0.29) is 25.5 Å². The van der Waals surface area contributed by atoms with E-state index >= 15 is 0 Å². The largest absolute Gasteiger partial charge is 0.394 e. The summed E-state index contributed by atoms with van der Waals surface area (Å²) in [6.07, 6.45) is -1.87. The SMILES string of the molecule is O=C1NC(=O)N([C@@H]2C[C@@H](O)[C@@H](CO)O2)CC1Br. The second-order valence-electron chi connectivity index (χ2n) is 4.03. The van der Waals surface area contributed by atoms with Gasteiger partial charge in [0.25, 0.3) is 0 Å². The number of amides is 3. The third-order valence-electron chi connectivity index (χ3n) is 2.86. The first-order valence-corrected chi connectivity index (χ1v) is 6.14. The Balaban J connectivity index is 2.03. The molecular formula is C9H13BrN2O5. The maximum absolute atomic E-state index is 11.6. The van der Waals surface area contributed by atoms with Crippen LogP contribution in [0.15, 0.2) is 0 Å². The molecule has 0 spiro atoms. The number of carbonyl (C=O) groups is 2. The lowest BCUT2D eigenvalue weighted by Crippen LogP contribution is -2.58. The van der Waals surface area contributed by atoms with Crippen molar-refractivity contribution in [1.82, 2.24) is 10.2 Å². The molecule has 2 aliphatic heterocycles. The van der Waals surface area contributed by atoms with Crippen LogP contribution in [-0.2, 0) is 9.53 Å². The van der Waals surface area contributed by atoms with Crippen molar-refractivity contribution in [3.05, 3.63) is 0 Å². The molecule has 2 heterocycles. The molecule has 2 fully saturated rings. The molecule has 7 nitrogen and oxygen atoms in total. The highest BCUT2D eigenvalue weighted by Gasteiger charge is 2.42. The third-order valence-corrected chi connectivity index (χ3v) is 3.57. The normalized spacial score (nSPS) is 38.4. The number of hydrogen-bond acceptors (Lipinski definition) is 5. The first-order valence-electron chi connectivity index (χ1n) is 5.23. The molecule has 0 aromatic rings. The van der Waals surface area contributed by atoms with E-state index in [1.165, 1.54) is 4.90 Å². The van der Waals surface area contributed by atoms with Gasteiger partial charge in [-0.3, -0.25) is 15.0 Å². The Morgan fingerprint density at radius 3 is 2.82 bits per heavy atom. The summed E-state index contributed by atoms with van der Waals surface area (Å²) in [6, 6.07) is -0.540. The molecule has 8 heteroatoms. The van der Waals surface area contributed by atoms with E-state index in [0.717, 1.165) is 0 Å². The minimum Gasteiger partial charge on any atom is -0.394 e. The number of nitrogens with zero attached hydrogens (tertiary/aromatic N) is 1. The van der Waals surface area contributed by atoms with Crippen LogP contribution in [0.5, 0.6) is 0 Å². The topological polar surface area (TPSA) is 99.1 Å². The fourth-order valence-electron chi connectivity index (χ4n) is 1.91. The van der Waals surface area contributed by atoms with Crippen molar-refractivity contribution in [3.63, 3.8) is 0 Å². The number of nitrogens with one attached hydrogen (secondary N) is 1. The van der Waals surface area contributed by atoms with Crippen molar-refractivity contribution in [1.29, 1.82) is 0 Å². The number of rotatable bonds is 2. The van der Waals surface area contributed by atoms with Crippen LogP contribution >= 0.6 is 15.9 Å². The van der Waals surface area contributed by atoms with E-state index in [9.17, 15) is 14.7 Å². The average molecular weight is 309 g/mol. The van der Waals surface area contributed by atoms with Gasteiger partial charge in [0.2, 0.25) is 5.91 Å². The minimum absolute atomic E-state index is 0.181. The fraction of sp³-hybridized carbons (Fsp3) is 0.778. The summed E-state index contributed by atoms with van der Waals surface area (Å²) in [4.78, 5) is 23.6. The van der Waals surface area contributed by atoms with Crippen molar-refractivity contribution in [2.45, 2.75) is 29.7 Å². The zero-order valence-electron chi connectivity index (χ0n) is 8.88. The zero-order chi connectivity index (χ0) is 12.6. The number of urea groups is 1. The molecule has 1 unspecified atom stereocenters. The van der Waals surface area contributed by atoms with Crippen molar-refractivity contribution in [2.75, 3.05) is 13.2 Å². The van der Waals surface area contributed by atoms with Crippen LogP contribution in [0, 0.1) is 0 Å². The van der Waals surface area contributed by atoms with Gasteiger partial charge in [0.15, 0.2) is 0 Å². The van der Waals surface area contributed by atoms with Gasteiger partial charge in [-0.15, -0.1) is 0 Å². The highest BCUT2D eigenvalue weighted by atomic mass is 79.9. The number of hydrogen-bond donors (Lipinski definition) is 3. The van der Waals surface area contributed by atoms with Gasteiger partial charge in [0.1, 0.15) is 17.2 Å². The lowest BCUT2D eigenvalue weighted by atomic mass is 10.2. The number of aliphatic hydroxyl groups is 2. The highest BCUT2D eigenvalue weighted by Crippen LogP contribution is 2.25. The molecule has 96 valence electrons. The lowest BCUT2D eigenvalue weighted by Gasteiger charge is -2.33. The first kappa shape index (κ1) is 12.7. The predicted octanol–water partition coefficient (Wildman–Crippen LogP) is -1.23. The molecule has 0 bridgehead atoms. The Hall–Kier alpha value is -0.700. The average Bonchev–Trinajstić information content (AvgIpc) is 2.65. The Morgan fingerprint density at radius 2 is 2.24 bits per heavy atom. The lowest BCUT2D eigenvalue weighted by molar-refractivity contribution is -0.123. The van der Waals surface area contributed by atoms with E-state index in [1.54, 1.807) is 0 Å². The summed E-state index contributed by atoms with van der Waals surface area (Å²) in [5, 5.41) is 20.7. The molecule has 0 saturated carbocycles. The number of aliphatic hydroxyl groups excluding tert-OH is 2. The monoisotopic (exact) mass is 308 g/mol. The van der Waals surface area contributed by atoms with Gasteiger partial charge in [-0.25, -0.2) is 4.79 Å². The van der Waals surface area contributed by atoms with E-state index in [1.807, 2.05) is 0 Å². The second kappa shape index (κ2) is 4.89. The minimum atomic E-state index is -0.802. The molecule has 0 aliphatic carbocycles. The maximum atomic E-state index is 11.6. The zero-order valence-corrected chi connectivity index (χ0v) is 10.5. The van der Waals surface area contributed by atoms with Crippen LogP contribution in [0.3, 0.4) is 0 Å². The van der Waals surface area contributed by atoms with Crippen molar-refractivity contribution >= 4 is 27.9 Å². The molecule has 2 saturated heterocycles. The highest BCUT2D eigenvalue weighted by molar-refractivity contribution is 9.10. The van der Waals surface area contributed by atoms with E-state index in [0.29, 0.717) is 0 Å². The Morgan fingerprint density at radius 1 is 1.53 bits per heavy atom. The third kappa shape index (κ3) is 2.44. The summed E-state index contributed by atoms with van der Waals surface area (Å²) in [7, 11) is 0. The summed E-state index contributed by atoms with van der Waals surface area (Å²) >= 11 is 3.14.